The largest absolute Gasteiger partial charge is 0.497 e. The van der Waals surface area contributed by atoms with E-state index in [0.717, 1.165) is 22.6 Å². The lowest BCUT2D eigenvalue weighted by atomic mass is 10.0. The van der Waals surface area contributed by atoms with Crippen LogP contribution in [0.1, 0.15) is 10.5 Å². The first-order chi connectivity index (χ1) is 14.1. The maximum absolute atomic E-state index is 11.3. The lowest BCUT2D eigenvalue weighted by Gasteiger charge is -2.10. The smallest absolute Gasteiger partial charge is 0.354 e. The molecule has 6 nitrogen and oxygen atoms in total. The standard InChI is InChI=1S/C23H17N3O3/c1-29-17-10-8-15(9-11-17)16-13-21(18-5-2-3-12-24-18)26-22(14-16)19-6-4-7-20(25-19)23(27)28/h2-14H,1H3,(H,27,28). The van der Waals surface area contributed by atoms with Gasteiger partial charge in [0.1, 0.15) is 11.4 Å². The van der Waals surface area contributed by atoms with E-state index in [9.17, 15) is 9.90 Å². The number of methoxy groups -OCH3 is 1. The number of hydrogen-bond acceptors (Lipinski definition) is 5. The van der Waals surface area contributed by atoms with Gasteiger partial charge in [0.2, 0.25) is 0 Å². The Morgan fingerprint density at radius 3 is 2.17 bits per heavy atom. The number of aromatic nitrogens is 3. The van der Waals surface area contributed by atoms with Gasteiger partial charge in [0.15, 0.2) is 0 Å². The van der Waals surface area contributed by atoms with E-state index in [4.69, 9.17) is 9.72 Å². The molecule has 0 saturated carbocycles. The van der Waals surface area contributed by atoms with E-state index in [1.807, 2.05) is 54.6 Å². The topological polar surface area (TPSA) is 85.2 Å². The molecule has 3 heterocycles. The molecular weight excluding hydrogens is 366 g/mol. The van der Waals surface area contributed by atoms with Gasteiger partial charge >= 0.3 is 5.97 Å². The molecule has 0 aliphatic rings. The number of hydrogen-bond donors (Lipinski definition) is 1. The Balaban J connectivity index is 1.88. The van der Waals surface area contributed by atoms with Crippen molar-refractivity contribution in [3.63, 3.8) is 0 Å². The van der Waals surface area contributed by atoms with E-state index in [2.05, 4.69) is 9.97 Å². The molecule has 6 heteroatoms. The molecule has 4 rings (SSSR count). The van der Waals surface area contributed by atoms with Gasteiger partial charge in [-0.15, -0.1) is 0 Å². The molecule has 0 aliphatic carbocycles. The highest BCUT2D eigenvalue weighted by Crippen LogP contribution is 2.30. The van der Waals surface area contributed by atoms with Crippen molar-refractivity contribution < 1.29 is 14.6 Å². The Hall–Kier alpha value is -4.06. The molecule has 0 bridgehead atoms. The molecule has 0 amide bonds. The number of pyridine rings is 3. The van der Waals surface area contributed by atoms with Crippen LogP contribution in [0.5, 0.6) is 5.75 Å². The molecule has 0 saturated heterocycles. The van der Waals surface area contributed by atoms with E-state index >= 15 is 0 Å². The van der Waals surface area contributed by atoms with Crippen LogP contribution in [0.25, 0.3) is 33.9 Å². The number of nitrogens with zero attached hydrogens (tertiary/aromatic N) is 3. The van der Waals surface area contributed by atoms with Crippen molar-refractivity contribution in [2.45, 2.75) is 0 Å². The minimum atomic E-state index is -1.08. The van der Waals surface area contributed by atoms with Crippen LogP contribution in [0.4, 0.5) is 0 Å². The molecule has 4 aromatic rings. The molecule has 142 valence electrons. The average molecular weight is 383 g/mol. The van der Waals surface area contributed by atoms with Crippen LogP contribution in [-0.4, -0.2) is 33.1 Å². The van der Waals surface area contributed by atoms with Gasteiger partial charge in [0.25, 0.3) is 0 Å². The van der Waals surface area contributed by atoms with Crippen molar-refractivity contribution >= 4 is 5.97 Å². The zero-order valence-electron chi connectivity index (χ0n) is 15.6. The fourth-order valence-electron chi connectivity index (χ4n) is 2.95. The fraction of sp³-hybridized carbons (Fsp3) is 0.0435. The summed E-state index contributed by atoms with van der Waals surface area (Å²) in [5.74, 6) is -0.313. The highest BCUT2D eigenvalue weighted by Gasteiger charge is 2.12. The maximum Gasteiger partial charge on any atom is 0.354 e. The van der Waals surface area contributed by atoms with E-state index in [1.54, 1.807) is 25.4 Å². The van der Waals surface area contributed by atoms with E-state index in [1.165, 1.54) is 6.07 Å². The van der Waals surface area contributed by atoms with Gasteiger partial charge in [-0.1, -0.05) is 24.3 Å². The maximum atomic E-state index is 11.3. The van der Waals surface area contributed by atoms with Gasteiger partial charge in [-0.05, 0) is 59.7 Å². The average Bonchev–Trinajstić information content (AvgIpc) is 2.79. The van der Waals surface area contributed by atoms with Gasteiger partial charge in [-0.3, -0.25) is 4.98 Å². The van der Waals surface area contributed by atoms with Crippen molar-refractivity contribution in [3.8, 4) is 39.7 Å². The zero-order valence-corrected chi connectivity index (χ0v) is 15.6. The lowest BCUT2D eigenvalue weighted by molar-refractivity contribution is 0.0690. The van der Waals surface area contributed by atoms with Crippen LogP contribution in [-0.2, 0) is 0 Å². The van der Waals surface area contributed by atoms with Crippen molar-refractivity contribution in [2.24, 2.45) is 0 Å². The Bertz CT molecular complexity index is 1160. The van der Waals surface area contributed by atoms with Crippen molar-refractivity contribution in [2.75, 3.05) is 7.11 Å². The lowest BCUT2D eigenvalue weighted by Crippen LogP contribution is -2.01. The third kappa shape index (κ3) is 3.96. The summed E-state index contributed by atoms with van der Waals surface area (Å²) in [7, 11) is 1.62. The summed E-state index contributed by atoms with van der Waals surface area (Å²) in [6.07, 6.45) is 1.71. The summed E-state index contributed by atoms with van der Waals surface area (Å²) < 4.78 is 5.24. The van der Waals surface area contributed by atoms with Gasteiger partial charge in [0, 0.05) is 6.20 Å². The number of carboxylic acids is 1. The second kappa shape index (κ2) is 7.90. The van der Waals surface area contributed by atoms with Gasteiger partial charge in [-0.25, -0.2) is 14.8 Å². The molecule has 0 aliphatic heterocycles. The Kier molecular flexibility index (Phi) is 4.99. The zero-order chi connectivity index (χ0) is 20.2. The van der Waals surface area contributed by atoms with Crippen LogP contribution >= 0.6 is 0 Å². The fourth-order valence-corrected chi connectivity index (χ4v) is 2.95. The summed E-state index contributed by atoms with van der Waals surface area (Å²) in [5.41, 5.74) is 4.31. The van der Waals surface area contributed by atoms with E-state index in [0.29, 0.717) is 17.1 Å². The van der Waals surface area contributed by atoms with Crippen molar-refractivity contribution in [1.82, 2.24) is 15.0 Å². The highest BCUT2D eigenvalue weighted by molar-refractivity contribution is 5.86. The first-order valence-electron chi connectivity index (χ1n) is 8.93. The molecule has 29 heavy (non-hydrogen) atoms. The van der Waals surface area contributed by atoms with Crippen molar-refractivity contribution in [3.05, 3.63) is 84.7 Å². The summed E-state index contributed by atoms with van der Waals surface area (Å²) >= 11 is 0. The van der Waals surface area contributed by atoms with Crippen LogP contribution < -0.4 is 4.74 Å². The number of ether oxygens (including phenoxy) is 1. The van der Waals surface area contributed by atoms with E-state index < -0.39 is 5.97 Å². The molecule has 0 fully saturated rings. The second-order valence-electron chi connectivity index (χ2n) is 6.28. The van der Waals surface area contributed by atoms with Crippen LogP contribution in [0.3, 0.4) is 0 Å². The normalized spacial score (nSPS) is 10.5. The van der Waals surface area contributed by atoms with E-state index in [-0.39, 0.29) is 5.69 Å². The van der Waals surface area contributed by atoms with Crippen LogP contribution in [0, 0.1) is 0 Å². The van der Waals surface area contributed by atoms with Gasteiger partial charge in [-0.2, -0.15) is 0 Å². The molecule has 1 aromatic carbocycles. The minimum absolute atomic E-state index is 0.0291. The van der Waals surface area contributed by atoms with Gasteiger partial charge < -0.3 is 9.84 Å². The monoisotopic (exact) mass is 383 g/mol. The number of carbonyl (C=O) groups is 1. The Labute approximate surface area is 167 Å². The summed E-state index contributed by atoms with van der Waals surface area (Å²) in [5, 5.41) is 9.27. The van der Waals surface area contributed by atoms with Crippen molar-refractivity contribution in [1.29, 1.82) is 0 Å². The second-order valence-corrected chi connectivity index (χ2v) is 6.28. The summed E-state index contributed by atoms with van der Waals surface area (Å²) in [4.78, 5) is 24.6. The summed E-state index contributed by atoms with van der Waals surface area (Å²) in [6, 6.07) is 22.0. The molecule has 0 radical (unpaired) electrons. The van der Waals surface area contributed by atoms with Gasteiger partial charge in [0.05, 0.1) is 29.9 Å². The first-order valence-corrected chi connectivity index (χ1v) is 8.93. The molecule has 0 spiro atoms. The first kappa shape index (κ1) is 18.3. The Morgan fingerprint density at radius 1 is 0.793 bits per heavy atom. The number of benzene rings is 1. The van der Waals surface area contributed by atoms with Crippen LogP contribution in [0.15, 0.2) is 79.0 Å². The highest BCUT2D eigenvalue weighted by atomic mass is 16.5. The Morgan fingerprint density at radius 2 is 1.52 bits per heavy atom. The predicted molar refractivity (Wildman–Crippen MR) is 110 cm³/mol. The number of rotatable bonds is 5. The molecule has 3 aromatic heterocycles. The minimum Gasteiger partial charge on any atom is -0.497 e. The predicted octanol–water partition coefficient (Wildman–Crippen LogP) is 4.58. The molecular formula is C23H17N3O3. The van der Waals surface area contributed by atoms with Crippen LogP contribution in [0.2, 0.25) is 0 Å². The number of aromatic carboxylic acids is 1. The summed E-state index contributed by atoms with van der Waals surface area (Å²) in [6.45, 7) is 0. The quantitative estimate of drug-likeness (QED) is 0.543. The molecule has 0 atom stereocenters. The molecule has 0 unspecified atom stereocenters. The number of carboxylic acid groups (broad SMARTS) is 1. The third-order valence-corrected chi connectivity index (χ3v) is 4.41. The SMILES string of the molecule is COc1ccc(-c2cc(-c3ccccn3)nc(-c3cccc(C(=O)O)n3)c2)cc1. The molecule has 1 N–H and O–H groups in total. The third-order valence-electron chi connectivity index (χ3n) is 4.41.